The molecule has 1 aromatic heterocycles. The van der Waals surface area contributed by atoms with Crippen LogP contribution in [0.15, 0.2) is 29.4 Å². The van der Waals surface area contributed by atoms with E-state index in [0.29, 0.717) is 11.5 Å². The first-order chi connectivity index (χ1) is 13.1. The van der Waals surface area contributed by atoms with E-state index in [4.69, 9.17) is 4.74 Å². The highest BCUT2D eigenvalue weighted by Crippen LogP contribution is 2.17. The van der Waals surface area contributed by atoms with Gasteiger partial charge in [-0.2, -0.15) is 20.1 Å². The molecule has 0 aliphatic carbocycles. The number of ether oxygens (including phenoxy) is 1. The molecule has 0 amide bonds. The second kappa shape index (κ2) is 10.00. The standard InChI is InChI=1S/C17H23N7O3/c1-4-10-23(11-5-2)16-19-15(20-17(21-16)27-3)22-18-12-13-8-6-7-9-14(13)24(25)26/h6-9,12H,4-5,10-11H2,1-3H3,(H,19,20,21,22)/b18-12+. The van der Waals surface area contributed by atoms with Crippen molar-refractivity contribution in [1.29, 1.82) is 0 Å². The van der Waals surface area contributed by atoms with Gasteiger partial charge in [0.25, 0.3) is 11.6 Å². The lowest BCUT2D eigenvalue weighted by atomic mass is 10.2. The third kappa shape index (κ3) is 5.59. The van der Waals surface area contributed by atoms with E-state index in [1.165, 1.54) is 19.4 Å². The predicted octanol–water partition coefficient (Wildman–Crippen LogP) is 2.86. The number of hydrazone groups is 1. The van der Waals surface area contributed by atoms with E-state index in [0.717, 1.165) is 25.9 Å². The van der Waals surface area contributed by atoms with E-state index >= 15 is 0 Å². The number of hydrogen-bond donors (Lipinski definition) is 1. The van der Waals surface area contributed by atoms with Gasteiger partial charge in [0.05, 0.1) is 23.8 Å². The number of nitro benzene ring substituents is 1. The highest BCUT2D eigenvalue weighted by Gasteiger charge is 2.13. The molecule has 10 heteroatoms. The fourth-order valence-corrected chi connectivity index (χ4v) is 2.40. The minimum Gasteiger partial charge on any atom is -0.467 e. The molecule has 0 saturated carbocycles. The molecular formula is C17H23N7O3. The number of nitrogens with one attached hydrogen (secondary N) is 1. The third-order valence-electron chi connectivity index (χ3n) is 3.56. The van der Waals surface area contributed by atoms with Crippen LogP contribution in [0.3, 0.4) is 0 Å². The number of benzene rings is 1. The monoisotopic (exact) mass is 373 g/mol. The van der Waals surface area contributed by atoms with E-state index in [-0.39, 0.29) is 17.6 Å². The number of anilines is 2. The molecule has 0 unspecified atom stereocenters. The number of nitrogens with zero attached hydrogens (tertiary/aromatic N) is 6. The van der Waals surface area contributed by atoms with Crippen LogP contribution < -0.4 is 15.1 Å². The molecule has 0 fully saturated rings. The molecule has 2 aromatic rings. The Bertz CT molecular complexity index is 792. The molecular weight excluding hydrogens is 350 g/mol. The summed E-state index contributed by atoms with van der Waals surface area (Å²) in [6, 6.07) is 6.49. The summed E-state index contributed by atoms with van der Waals surface area (Å²) in [4.78, 5) is 25.4. The summed E-state index contributed by atoms with van der Waals surface area (Å²) in [7, 11) is 1.48. The Labute approximate surface area is 157 Å². The molecule has 1 heterocycles. The van der Waals surface area contributed by atoms with Gasteiger partial charge >= 0.3 is 6.01 Å². The van der Waals surface area contributed by atoms with Crippen LogP contribution in [0.25, 0.3) is 0 Å². The largest absolute Gasteiger partial charge is 0.467 e. The highest BCUT2D eigenvalue weighted by molar-refractivity contribution is 5.85. The topological polar surface area (TPSA) is 119 Å². The van der Waals surface area contributed by atoms with Crippen molar-refractivity contribution in [3.8, 4) is 6.01 Å². The molecule has 144 valence electrons. The zero-order chi connectivity index (χ0) is 19.6. The van der Waals surface area contributed by atoms with Crippen LogP contribution in [0.5, 0.6) is 6.01 Å². The van der Waals surface area contributed by atoms with E-state index in [9.17, 15) is 10.1 Å². The first-order valence-electron chi connectivity index (χ1n) is 8.66. The number of hydrogen-bond acceptors (Lipinski definition) is 9. The summed E-state index contributed by atoms with van der Waals surface area (Å²) in [5, 5.41) is 15.1. The molecule has 1 aromatic carbocycles. The van der Waals surface area contributed by atoms with Gasteiger partial charge in [-0.3, -0.25) is 10.1 Å². The van der Waals surface area contributed by atoms with Gasteiger partial charge in [-0.05, 0) is 18.9 Å². The maximum atomic E-state index is 11.0. The average molecular weight is 373 g/mol. The van der Waals surface area contributed by atoms with Crippen LogP contribution in [0, 0.1) is 10.1 Å². The van der Waals surface area contributed by atoms with Crippen LogP contribution >= 0.6 is 0 Å². The Balaban J connectivity index is 2.23. The van der Waals surface area contributed by atoms with E-state index in [1.807, 2.05) is 4.90 Å². The first-order valence-corrected chi connectivity index (χ1v) is 8.66. The summed E-state index contributed by atoms with van der Waals surface area (Å²) >= 11 is 0. The first kappa shape index (κ1) is 20.0. The van der Waals surface area contributed by atoms with Gasteiger partial charge in [0, 0.05) is 19.2 Å². The summed E-state index contributed by atoms with van der Waals surface area (Å²) in [5.74, 6) is 0.692. The minimum absolute atomic E-state index is 0.0333. The Morgan fingerprint density at radius 3 is 2.56 bits per heavy atom. The van der Waals surface area contributed by atoms with Gasteiger partial charge in [0.15, 0.2) is 0 Å². The van der Waals surface area contributed by atoms with Crippen LogP contribution in [-0.4, -0.2) is 46.3 Å². The van der Waals surface area contributed by atoms with Crippen molar-refractivity contribution in [2.75, 3.05) is 30.5 Å². The van der Waals surface area contributed by atoms with Gasteiger partial charge in [-0.25, -0.2) is 5.43 Å². The van der Waals surface area contributed by atoms with Crippen molar-refractivity contribution in [3.63, 3.8) is 0 Å². The maximum Gasteiger partial charge on any atom is 0.322 e. The smallest absolute Gasteiger partial charge is 0.322 e. The van der Waals surface area contributed by atoms with Crippen molar-refractivity contribution < 1.29 is 9.66 Å². The van der Waals surface area contributed by atoms with Gasteiger partial charge in [-0.1, -0.05) is 26.0 Å². The summed E-state index contributed by atoms with van der Waals surface area (Å²) < 4.78 is 5.15. The number of para-hydroxylation sites is 1. The van der Waals surface area contributed by atoms with Gasteiger partial charge in [0.2, 0.25) is 5.95 Å². The highest BCUT2D eigenvalue weighted by atomic mass is 16.6. The molecule has 27 heavy (non-hydrogen) atoms. The fraction of sp³-hybridized carbons (Fsp3) is 0.412. The SMILES string of the molecule is CCCN(CCC)c1nc(N/N=C/c2ccccc2[N+](=O)[O-])nc(OC)n1. The molecule has 1 N–H and O–H groups in total. The second-order valence-corrected chi connectivity index (χ2v) is 5.62. The number of nitro groups is 1. The lowest BCUT2D eigenvalue weighted by Gasteiger charge is -2.21. The van der Waals surface area contributed by atoms with Crippen LogP contribution in [0.1, 0.15) is 32.3 Å². The molecule has 0 aliphatic rings. The summed E-state index contributed by atoms with van der Waals surface area (Å²) in [6.45, 7) is 5.77. The summed E-state index contributed by atoms with van der Waals surface area (Å²) in [6.07, 6.45) is 3.25. The Kier molecular flexibility index (Phi) is 7.41. The van der Waals surface area contributed by atoms with Crippen LogP contribution in [-0.2, 0) is 0 Å². The number of rotatable bonds is 10. The molecule has 0 atom stereocenters. The number of methoxy groups -OCH3 is 1. The molecule has 0 saturated heterocycles. The molecule has 0 aliphatic heterocycles. The number of aromatic nitrogens is 3. The Morgan fingerprint density at radius 1 is 1.22 bits per heavy atom. The Morgan fingerprint density at radius 2 is 1.93 bits per heavy atom. The van der Waals surface area contributed by atoms with Crippen molar-refractivity contribution in [3.05, 3.63) is 39.9 Å². The molecule has 10 nitrogen and oxygen atoms in total. The lowest BCUT2D eigenvalue weighted by molar-refractivity contribution is -0.385. The third-order valence-corrected chi connectivity index (χ3v) is 3.56. The Hall–Kier alpha value is -3.30. The van der Waals surface area contributed by atoms with E-state index in [1.54, 1.807) is 18.2 Å². The summed E-state index contributed by atoms with van der Waals surface area (Å²) in [5.41, 5.74) is 3.03. The molecule has 2 rings (SSSR count). The lowest BCUT2D eigenvalue weighted by Crippen LogP contribution is -2.27. The van der Waals surface area contributed by atoms with Crippen molar-refractivity contribution >= 4 is 23.8 Å². The quantitative estimate of drug-likeness (QED) is 0.384. The zero-order valence-corrected chi connectivity index (χ0v) is 15.6. The minimum atomic E-state index is -0.460. The van der Waals surface area contributed by atoms with Gasteiger partial charge < -0.3 is 9.64 Å². The average Bonchev–Trinajstić information content (AvgIpc) is 2.67. The van der Waals surface area contributed by atoms with Crippen molar-refractivity contribution in [2.45, 2.75) is 26.7 Å². The van der Waals surface area contributed by atoms with Crippen molar-refractivity contribution in [2.24, 2.45) is 5.10 Å². The van der Waals surface area contributed by atoms with E-state index < -0.39 is 4.92 Å². The zero-order valence-electron chi connectivity index (χ0n) is 15.6. The fourth-order valence-electron chi connectivity index (χ4n) is 2.40. The molecule has 0 radical (unpaired) electrons. The normalized spacial score (nSPS) is 10.8. The van der Waals surface area contributed by atoms with Crippen LogP contribution in [0.2, 0.25) is 0 Å². The van der Waals surface area contributed by atoms with Crippen molar-refractivity contribution in [1.82, 2.24) is 15.0 Å². The van der Waals surface area contributed by atoms with Crippen LogP contribution in [0.4, 0.5) is 17.6 Å². The van der Waals surface area contributed by atoms with Gasteiger partial charge in [0.1, 0.15) is 0 Å². The van der Waals surface area contributed by atoms with E-state index in [2.05, 4.69) is 39.3 Å². The predicted molar refractivity (Wildman–Crippen MR) is 103 cm³/mol. The second-order valence-electron chi connectivity index (χ2n) is 5.62. The molecule has 0 spiro atoms. The molecule has 0 bridgehead atoms. The maximum absolute atomic E-state index is 11.0. The van der Waals surface area contributed by atoms with Gasteiger partial charge in [-0.15, -0.1) is 0 Å².